The van der Waals surface area contributed by atoms with Gasteiger partial charge in [0.2, 0.25) is 10.0 Å². The lowest BCUT2D eigenvalue weighted by Crippen LogP contribution is -2.30. The number of carbonyl (C=O) groups excluding carboxylic acids is 1. The van der Waals surface area contributed by atoms with Crippen LogP contribution in [0.3, 0.4) is 0 Å². The number of aromatic nitrogens is 1. The van der Waals surface area contributed by atoms with Crippen LogP contribution >= 0.6 is 22.9 Å². The van der Waals surface area contributed by atoms with Crippen molar-refractivity contribution in [2.45, 2.75) is 38.1 Å². The first kappa shape index (κ1) is 24.2. The first-order valence-corrected chi connectivity index (χ1v) is 12.5. The van der Waals surface area contributed by atoms with Gasteiger partial charge in [0.1, 0.15) is 10.6 Å². The maximum absolute atomic E-state index is 12.7. The fourth-order valence-corrected chi connectivity index (χ4v) is 5.46. The molecule has 170 valence electrons. The van der Waals surface area contributed by atoms with E-state index in [4.69, 9.17) is 16.3 Å². The Labute approximate surface area is 196 Å². The maximum Gasteiger partial charge on any atom is 0.257 e. The molecule has 0 atom stereocenters. The number of amides is 1. The molecule has 1 heterocycles. The van der Waals surface area contributed by atoms with Gasteiger partial charge in [-0.15, -0.1) is 11.3 Å². The molecule has 2 N–H and O–H groups in total. The highest BCUT2D eigenvalue weighted by Gasteiger charge is 2.23. The van der Waals surface area contributed by atoms with Crippen molar-refractivity contribution < 1.29 is 17.9 Å². The maximum atomic E-state index is 12.7. The Morgan fingerprint density at radius 1 is 1.22 bits per heavy atom. The molecule has 0 spiro atoms. The number of methoxy groups -OCH3 is 1. The van der Waals surface area contributed by atoms with Crippen molar-refractivity contribution in [1.29, 1.82) is 0 Å². The molecule has 3 rings (SSSR count). The van der Waals surface area contributed by atoms with Crippen molar-refractivity contribution in [2.75, 3.05) is 12.4 Å². The van der Waals surface area contributed by atoms with Crippen molar-refractivity contribution in [3.8, 4) is 5.75 Å². The molecule has 0 unspecified atom stereocenters. The van der Waals surface area contributed by atoms with Gasteiger partial charge in [0.05, 0.1) is 7.11 Å². The standard InChI is InChI=1S/C22H24ClN3O4S2/c1-13(2)26-32(28,29)20-11-16(7-8-19(20)30-4)21(27)25-22-24-12-17(31-22)9-15-6-5-14(3)18(23)10-15/h5-8,10-13,26H,9H2,1-4H3,(H,24,25,27). The number of thiazole rings is 1. The van der Waals surface area contributed by atoms with Crippen LogP contribution in [0.1, 0.15) is 40.2 Å². The van der Waals surface area contributed by atoms with E-state index in [1.54, 1.807) is 20.0 Å². The number of rotatable bonds is 8. The number of anilines is 1. The number of hydrogen-bond donors (Lipinski definition) is 2. The van der Waals surface area contributed by atoms with Gasteiger partial charge in [-0.3, -0.25) is 10.1 Å². The smallest absolute Gasteiger partial charge is 0.257 e. The average molecular weight is 494 g/mol. The van der Waals surface area contributed by atoms with E-state index >= 15 is 0 Å². The molecule has 10 heteroatoms. The third-order valence-electron chi connectivity index (χ3n) is 4.49. The summed E-state index contributed by atoms with van der Waals surface area (Å²) in [5, 5.41) is 3.85. The summed E-state index contributed by atoms with van der Waals surface area (Å²) in [5.74, 6) is -0.309. The van der Waals surface area contributed by atoms with Gasteiger partial charge in [0.25, 0.3) is 5.91 Å². The van der Waals surface area contributed by atoms with Gasteiger partial charge < -0.3 is 4.74 Å². The third-order valence-corrected chi connectivity index (χ3v) is 7.49. The van der Waals surface area contributed by atoms with E-state index in [-0.39, 0.29) is 22.3 Å². The van der Waals surface area contributed by atoms with E-state index in [0.29, 0.717) is 16.6 Å². The van der Waals surface area contributed by atoms with Crippen LogP contribution in [-0.4, -0.2) is 32.5 Å². The molecule has 32 heavy (non-hydrogen) atoms. The molecule has 1 aromatic heterocycles. The molecule has 0 fully saturated rings. The lowest BCUT2D eigenvalue weighted by Gasteiger charge is -2.14. The summed E-state index contributed by atoms with van der Waals surface area (Å²) in [5.41, 5.74) is 2.24. The van der Waals surface area contributed by atoms with Gasteiger partial charge in [0, 0.05) is 34.1 Å². The van der Waals surface area contributed by atoms with Crippen LogP contribution in [0.5, 0.6) is 5.75 Å². The highest BCUT2D eigenvalue weighted by atomic mass is 35.5. The highest BCUT2D eigenvalue weighted by molar-refractivity contribution is 7.89. The fourth-order valence-electron chi connectivity index (χ4n) is 2.97. The fraction of sp³-hybridized carbons (Fsp3) is 0.273. The van der Waals surface area contributed by atoms with Gasteiger partial charge in [-0.1, -0.05) is 23.7 Å². The number of ether oxygens (including phenoxy) is 1. The predicted molar refractivity (Wildman–Crippen MR) is 128 cm³/mol. The molecule has 0 bridgehead atoms. The topological polar surface area (TPSA) is 97.4 Å². The van der Waals surface area contributed by atoms with E-state index in [2.05, 4.69) is 15.0 Å². The minimum absolute atomic E-state index is 0.0996. The van der Waals surface area contributed by atoms with Gasteiger partial charge in [-0.25, -0.2) is 18.1 Å². The van der Waals surface area contributed by atoms with E-state index < -0.39 is 15.9 Å². The molecule has 0 saturated carbocycles. The molecular formula is C22H24ClN3O4S2. The van der Waals surface area contributed by atoms with E-state index in [1.165, 1.54) is 36.6 Å². The third kappa shape index (κ3) is 5.86. The first-order valence-electron chi connectivity index (χ1n) is 9.80. The largest absolute Gasteiger partial charge is 0.495 e. The molecule has 0 aliphatic rings. The van der Waals surface area contributed by atoms with Crippen LogP contribution in [0.2, 0.25) is 5.02 Å². The van der Waals surface area contributed by atoms with Gasteiger partial charge in [-0.2, -0.15) is 0 Å². The van der Waals surface area contributed by atoms with Crippen molar-refractivity contribution in [3.05, 3.63) is 69.2 Å². The number of hydrogen-bond acceptors (Lipinski definition) is 6. The van der Waals surface area contributed by atoms with E-state index in [1.807, 2.05) is 25.1 Å². The Hall–Kier alpha value is -2.46. The second kappa shape index (κ2) is 9.99. The summed E-state index contributed by atoms with van der Waals surface area (Å²) in [4.78, 5) is 17.9. The number of sulfonamides is 1. The summed E-state index contributed by atoms with van der Waals surface area (Å²) in [7, 11) is -2.47. The van der Waals surface area contributed by atoms with Gasteiger partial charge in [-0.05, 0) is 56.2 Å². The van der Waals surface area contributed by atoms with Crippen LogP contribution in [0.25, 0.3) is 0 Å². The molecule has 3 aromatic rings. The summed E-state index contributed by atoms with van der Waals surface area (Å²) in [6.07, 6.45) is 2.34. The number of carbonyl (C=O) groups is 1. The van der Waals surface area contributed by atoms with Crippen LogP contribution in [0.4, 0.5) is 5.13 Å². The highest BCUT2D eigenvalue weighted by Crippen LogP contribution is 2.27. The summed E-state index contributed by atoms with van der Waals surface area (Å²) >= 11 is 7.54. The van der Waals surface area contributed by atoms with Gasteiger partial charge in [0.15, 0.2) is 5.13 Å². The normalized spacial score (nSPS) is 11.6. The minimum atomic E-state index is -3.85. The Morgan fingerprint density at radius 3 is 2.62 bits per heavy atom. The van der Waals surface area contributed by atoms with Crippen LogP contribution in [-0.2, 0) is 16.4 Å². The lowest BCUT2D eigenvalue weighted by atomic mass is 10.1. The van der Waals surface area contributed by atoms with Crippen molar-refractivity contribution >= 4 is 44.0 Å². The molecular weight excluding hydrogens is 470 g/mol. The van der Waals surface area contributed by atoms with E-state index in [9.17, 15) is 13.2 Å². The Morgan fingerprint density at radius 2 is 1.97 bits per heavy atom. The zero-order valence-corrected chi connectivity index (χ0v) is 20.5. The molecule has 0 aliphatic carbocycles. The molecule has 0 aliphatic heterocycles. The summed E-state index contributed by atoms with van der Waals surface area (Å²) in [6, 6.07) is 9.83. The zero-order chi connectivity index (χ0) is 23.5. The van der Waals surface area contributed by atoms with Gasteiger partial charge >= 0.3 is 0 Å². The number of halogens is 1. The van der Waals surface area contributed by atoms with Crippen LogP contribution in [0.15, 0.2) is 47.5 Å². The summed E-state index contributed by atoms with van der Waals surface area (Å²) < 4.78 is 32.9. The molecule has 1 amide bonds. The monoisotopic (exact) mass is 493 g/mol. The predicted octanol–water partition coefficient (Wildman–Crippen LogP) is 4.64. The number of nitrogens with one attached hydrogen (secondary N) is 2. The number of aryl methyl sites for hydroxylation is 1. The molecule has 0 saturated heterocycles. The number of nitrogens with zero attached hydrogens (tertiary/aromatic N) is 1. The second-order valence-corrected chi connectivity index (χ2v) is 10.7. The minimum Gasteiger partial charge on any atom is -0.495 e. The molecule has 0 radical (unpaired) electrons. The number of benzene rings is 2. The summed E-state index contributed by atoms with van der Waals surface area (Å²) in [6.45, 7) is 5.37. The second-order valence-electron chi connectivity index (χ2n) is 7.49. The Bertz CT molecular complexity index is 1240. The van der Waals surface area contributed by atoms with E-state index in [0.717, 1.165) is 16.0 Å². The SMILES string of the molecule is COc1ccc(C(=O)Nc2ncc(Cc3ccc(C)c(Cl)c3)s2)cc1S(=O)(=O)NC(C)C. The van der Waals surface area contributed by atoms with Crippen molar-refractivity contribution in [2.24, 2.45) is 0 Å². The lowest BCUT2D eigenvalue weighted by molar-refractivity contribution is 0.102. The quantitative estimate of drug-likeness (QED) is 0.476. The average Bonchev–Trinajstić information content (AvgIpc) is 3.16. The zero-order valence-electron chi connectivity index (χ0n) is 18.1. The van der Waals surface area contributed by atoms with Crippen molar-refractivity contribution in [3.63, 3.8) is 0 Å². The Kier molecular flexibility index (Phi) is 7.55. The van der Waals surface area contributed by atoms with Crippen LogP contribution in [0, 0.1) is 6.92 Å². The van der Waals surface area contributed by atoms with Crippen LogP contribution < -0.4 is 14.8 Å². The molecule has 2 aromatic carbocycles. The molecule has 7 nitrogen and oxygen atoms in total. The first-order chi connectivity index (χ1) is 15.1. The van der Waals surface area contributed by atoms with Crippen molar-refractivity contribution in [1.82, 2.24) is 9.71 Å². The Balaban J connectivity index is 1.77.